The highest BCUT2D eigenvalue weighted by Crippen LogP contribution is 2.28. The molecule has 0 bridgehead atoms. The normalized spacial score (nSPS) is 23.9. The topological polar surface area (TPSA) is 88.0 Å². The fourth-order valence-corrected chi connectivity index (χ4v) is 4.60. The average molecular weight is 530 g/mol. The Morgan fingerprint density at radius 2 is 1.55 bits per heavy atom. The Morgan fingerprint density at radius 1 is 0.947 bits per heavy atom. The van der Waals surface area contributed by atoms with Gasteiger partial charge in [0.2, 0.25) is 12.2 Å². The van der Waals surface area contributed by atoms with Crippen LogP contribution in [-0.4, -0.2) is 40.7 Å². The lowest BCUT2D eigenvalue weighted by molar-refractivity contribution is -0.245. The van der Waals surface area contributed by atoms with Gasteiger partial charge in [0.1, 0.15) is 11.9 Å². The van der Waals surface area contributed by atoms with Crippen molar-refractivity contribution in [1.29, 1.82) is 0 Å². The van der Waals surface area contributed by atoms with Crippen LogP contribution in [0.25, 0.3) is 6.08 Å². The minimum Gasteiger partial charge on any atom is -0.465 e. The summed E-state index contributed by atoms with van der Waals surface area (Å²) in [5.41, 5.74) is 0.915. The summed E-state index contributed by atoms with van der Waals surface area (Å²) in [4.78, 5) is 12.0. The monoisotopic (exact) mass is 529 g/mol. The molecule has 1 fully saturated rings. The van der Waals surface area contributed by atoms with Gasteiger partial charge in [0, 0.05) is 12.1 Å². The van der Waals surface area contributed by atoms with Gasteiger partial charge in [-0.05, 0) is 55.5 Å². The summed E-state index contributed by atoms with van der Waals surface area (Å²) in [6.07, 6.45) is 18.2. The molecule has 1 aromatic carbocycles. The molecular formula is C32H51NO5. The summed E-state index contributed by atoms with van der Waals surface area (Å²) < 4.78 is 11.6. The number of ether oxygens (including phenoxy) is 2. The number of aliphatic hydroxyl groups excluding tert-OH is 2. The second-order valence-electron chi connectivity index (χ2n) is 11.1. The van der Waals surface area contributed by atoms with Gasteiger partial charge in [-0.15, -0.1) is 0 Å². The predicted octanol–water partition coefficient (Wildman–Crippen LogP) is 6.76. The number of nitrogens with one attached hydrogen (secondary N) is 1. The van der Waals surface area contributed by atoms with E-state index in [0.717, 1.165) is 24.3 Å². The van der Waals surface area contributed by atoms with E-state index < -0.39 is 24.6 Å². The first-order chi connectivity index (χ1) is 18.3. The van der Waals surface area contributed by atoms with Crippen LogP contribution in [0.3, 0.4) is 0 Å². The fraction of sp³-hybridized carbons (Fsp3) is 0.656. The molecule has 1 heterocycles. The Labute approximate surface area is 230 Å². The Hall–Kier alpha value is -2.15. The van der Waals surface area contributed by atoms with Crippen molar-refractivity contribution in [2.45, 2.75) is 123 Å². The van der Waals surface area contributed by atoms with Crippen molar-refractivity contribution in [1.82, 2.24) is 5.32 Å². The second-order valence-corrected chi connectivity index (χ2v) is 11.1. The SMILES string of the molecule is CC(C)CCCCCCCCCCCC=CC(=O)NC=Cc1ccc(OC2OC(C)C(O)C(O)C2C)cc1. The number of aliphatic hydroxyl groups is 2. The first-order valence-electron chi connectivity index (χ1n) is 14.7. The lowest BCUT2D eigenvalue weighted by atomic mass is 9.93. The van der Waals surface area contributed by atoms with Crippen molar-refractivity contribution >= 4 is 12.0 Å². The third-order valence-corrected chi connectivity index (χ3v) is 7.20. The van der Waals surface area contributed by atoms with E-state index in [9.17, 15) is 15.0 Å². The van der Waals surface area contributed by atoms with Crippen molar-refractivity contribution in [3.05, 3.63) is 48.2 Å². The third kappa shape index (κ3) is 12.6. The van der Waals surface area contributed by atoms with Crippen LogP contribution >= 0.6 is 0 Å². The van der Waals surface area contributed by atoms with Crippen LogP contribution in [0.15, 0.2) is 42.6 Å². The van der Waals surface area contributed by atoms with E-state index in [1.807, 2.05) is 36.4 Å². The Morgan fingerprint density at radius 3 is 2.18 bits per heavy atom. The molecule has 3 N–H and O–H groups in total. The molecule has 0 aromatic heterocycles. The molecule has 6 nitrogen and oxygen atoms in total. The van der Waals surface area contributed by atoms with Crippen LogP contribution < -0.4 is 10.1 Å². The van der Waals surface area contributed by atoms with Crippen molar-refractivity contribution in [2.75, 3.05) is 0 Å². The highest BCUT2D eigenvalue weighted by Gasteiger charge is 2.41. The van der Waals surface area contributed by atoms with E-state index in [-0.39, 0.29) is 11.8 Å². The van der Waals surface area contributed by atoms with Crippen LogP contribution in [0, 0.1) is 11.8 Å². The molecule has 38 heavy (non-hydrogen) atoms. The van der Waals surface area contributed by atoms with Crippen LogP contribution in [0.5, 0.6) is 5.75 Å². The number of benzene rings is 1. The van der Waals surface area contributed by atoms with Gasteiger partial charge in [-0.25, -0.2) is 0 Å². The summed E-state index contributed by atoms with van der Waals surface area (Å²) in [6.45, 7) is 8.11. The predicted molar refractivity (Wildman–Crippen MR) is 155 cm³/mol. The maximum absolute atomic E-state index is 12.0. The van der Waals surface area contributed by atoms with Gasteiger partial charge in [0.25, 0.3) is 0 Å². The number of hydrogen-bond acceptors (Lipinski definition) is 5. The number of hydrogen-bond donors (Lipinski definition) is 3. The van der Waals surface area contributed by atoms with Gasteiger partial charge in [-0.3, -0.25) is 4.79 Å². The van der Waals surface area contributed by atoms with E-state index in [4.69, 9.17) is 9.47 Å². The molecular weight excluding hydrogens is 478 g/mol. The molecule has 0 aliphatic carbocycles. The van der Waals surface area contributed by atoms with E-state index in [2.05, 4.69) is 19.2 Å². The standard InChI is InChI=1S/C32H51NO5/c1-24(2)16-14-12-10-8-6-5-7-9-11-13-15-17-29(34)33-23-22-27-18-20-28(21-19-27)38-32-25(3)30(35)31(36)26(4)37-32/h15,17-26,30-32,35-36H,5-14,16H2,1-4H3,(H,33,34). The van der Waals surface area contributed by atoms with E-state index in [1.54, 1.807) is 26.1 Å². The minimum atomic E-state index is -0.920. The summed E-state index contributed by atoms with van der Waals surface area (Å²) in [5, 5.41) is 22.9. The first-order valence-corrected chi connectivity index (χ1v) is 14.7. The maximum atomic E-state index is 12.0. The number of unbranched alkanes of at least 4 members (excludes halogenated alkanes) is 9. The summed E-state index contributed by atoms with van der Waals surface area (Å²) in [6, 6.07) is 7.38. The van der Waals surface area contributed by atoms with Crippen LogP contribution in [0.1, 0.15) is 104 Å². The number of carbonyl (C=O) groups excluding carboxylic acids is 1. The quantitative estimate of drug-likeness (QED) is 0.153. The molecule has 6 heteroatoms. The van der Waals surface area contributed by atoms with Gasteiger partial charge in [0.05, 0.1) is 12.2 Å². The third-order valence-electron chi connectivity index (χ3n) is 7.20. The zero-order valence-electron chi connectivity index (χ0n) is 24.0. The molecule has 5 unspecified atom stereocenters. The highest BCUT2D eigenvalue weighted by molar-refractivity contribution is 5.88. The summed E-state index contributed by atoms with van der Waals surface area (Å²) in [7, 11) is 0. The van der Waals surface area contributed by atoms with Crippen molar-refractivity contribution in [2.24, 2.45) is 11.8 Å². The lowest BCUT2D eigenvalue weighted by Gasteiger charge is -2.39. The average Bonchev–Trinajstić information content (AvgIpc) is 2.89. The van der Waals surface area contributed by atoms with Gasteiger partial charge in [0.15, 0.2) is 0 Å². The highest BCUT2D eigenvalue weighted by atomic mass is 16.7. The Balaban J connectivity index is 1.54. The summed E-state index contributed by atoms with van der Waals surface area (Å²) >= 11 is 0. The van der Waals surface area contributed by atoms with Gasteiger partial charge < -0.3 is 25.0 Å². The molecule has 1 aliphatic rings. The van der Waals surface area contributed by atoms with Crippen LogP contribution in [0.4, 0.5) is 0 Å². The van der Waals surface area contributed by atoms with Crippen molar-refractivity contribution in [3.63, 3.8) is 0 Å². The van der Waals surface area contributed by atoms with E-state index in [0.29, 0.717) is 5.75 Å². The fourth-order valence-electron chi connectivity index (χ4n) is 4.60. The zero-order chi connectivity index (χ0) is 27.8. The largest absolute Gasteiger partial charge is 0.465 e. The number of rotatable bonds is 17. The second kappa shape index (κ2) is 18.2. The Kier molecular flexibility index (Phi) is 15.4. The molecule has 2 rings (SSSR count). The van der Waals surface area contributed by atoms with E-state index in [1.165, 1.54) is 57.8 Å². The molecule has 1 aliphatic heterocycles. The Bertz CT molecular complexity index is 835. The number of amides is 1. The van der Waals surface area contributed by atoms with Crippen LogP contribution in [-0.2, 0) is 9.53 Å². The molecule has 0 saturated carbocycles. The van der Waals surface area contributed by atoms with E-state index >= 15 is 0 Å². The molecule has 1 saturated heterocycles. The number of carbonyl (C=O) groups is 1. The molecule has 1 aromatic rings. The molecule has 0 radical (unpaired) electrons. The van der Waals surface area contributed by atoms with Crippen molar-refractivity contribution in [3.8, 4) is 5.75 Å². The lowest BCUT2D eigenvalue weighted by Crippen LogP contribution is -2.54. The van der Waals surface area contributed by atoms with Crippen molar-refractivity contribution < 1.29 is 24.5 Å². The zero-order valence-corrected chi connectivity index (χ0v) is 24.0. The molecule has 0 spiro atoms. The summed E-state index contributed by atoms with van der Waals surface area (Å²) in [5.74, 6) is 0.960. The van der Waals surface area contributed by atoms with Gasteiger partial charge >= 0.3 is 0 Å². The van der Waals surface area contributed by atoms with Gasteiger partial charge in [-0.1, -0.05) is 96.8 Å². The first kappa shape index (κ1) is 32.1. The molecule has 214 valence electrons. The number of allylic oxidation sites excluding steroid dienone is 1. The maximum Gasteiger partial charge on any atom is 0.247 e. The van der Waals surface area contributed by atoms with Gasteiger partial charge in [-0.2, -0.15) is 0 Å². The smallest absolute Gasteiger partial charge is 0.247 e. The minimum absolute atomic E-state index is 0.128. The van der Waals surface area contributed by atoms with Crippen LogP contribution in [0.2, 0.25) is 0 Å². The molecule has 5 atom stereocenters. The molecule has 1 amide bonds.